The van der Waals surface area contributed by atoms with E-state index in [-0.39, 0.29) is 5.76 Å². The Morgan fingerprint density at radius 2 is 2.25 bits per heavy atom. The predicted molar refractivity (Wildman–Crippen MR) is 93.0 cm³/mol. The van der Waals surface area contributed by atoms with Crippen molar-refractivity contribution in [1.82, 2.24) is 9.88 Å². The van der Waals surface area contributed by atoms with Crippen molar-refractivity contribution in [1.29, 1.82) is 0 Å². The van der Waals surface area contributed by atoms with Gasteiger partial charge in [0.05, 0.1) is 19.3 Å². The fourth-order valence-electron chi connectivity index (χ4n) is 2.83. The van der Waals surface area contributed by atoms with Gasteiger partial charge in [-0.15, -0.1) is 0 Å². The number of aliphatic imine (C=N–C) groups is 2. The normalized spacial score (nSPS) is 16.2. The molecular weight excluding hydrogens is 304 g/mol. The second-order valence-electron chi connectivity index (χ2n) is 5.48. The van der Waals surface area contributed by atoms with E-state index in [2.05, 4.69) is 15.0 Å². The number of amidine groups is 2. The van der Waals surface area contributed by atoms with E-state index < -0.39 is 0 Å². The van der Waals surface area contributed by atoms with E-state index in [9.17, 15) is 5.11 Å². The van der Waals surface area contributed by atoms with Crippen molar-refractivity contribution in [2.75, 3.05) is 20.2 Å². The highest BCUT2D eigenvalue weighted by Gasteiger charge is 2.29. The number of aliphatic hydroxyl groups is 1. The standard InChI is InChI=1S/C18H16N4O2/c1-24-13-4-5-15-14(9-13)18-20-7-8-22(18)17(21-15)10-16(23)12-3-2-6-19-11-12/h2-6,9-11,23H,7-8H2,1H3/b16-10-. The van der Waals surface area contributed by atoms with Gasteiger partial charge in [0.15, 0.2) is 0 Å². The Bertz CT molecular complexity index is 872. The van der Waals surface area contributed by atoms with E-state index >= 15 is 0 Å². The van der Waals surface area contributed by atoms with Gasteiger partial charge < -0.3 is 14.7 Å². The van der Waals surface area contributed by atoms with Crippen LogP contribution in [0.5, 0.6) is 5.75 Å². The summed E-state index contributed by atoms with van der Waals surface area (Å²) < 4.78 is 5.30. The zero-order chi connectivity index (χ0) is 16.5. The lowest BCUT2D eigenvalue weighted by molar-refractivity contribution is 0.414. The van der Waals surface area contributed by atoms with Crippen LogP contribution in [0.1, 0.15) is 11.1 Å². The largest absolute Gasteiger partial charge is 0.507 e. The van der Waals surface area contributed by atoms with Gasteiger partial charge in [-0.3, -0.25) is 9.98 Å². The van der Waals surface area contributed by atoms with Crippen LogP contribution >= 0.6 is 0 Å². The predicted octanol–water partition coefficient (Wildman–Crippen LogP) is 2.80. The van der Waals surface area contributed by atoms with Gasteiger partial charge in [-0.25, -0.2) is 4.99 Å². The molecule has 0 radical (unpaired) electrons. The van der Waals surface area contributed by atoms with Crippen LogP contribution < -0.4 is 4.74 Å². The monoisotopic (exact) mass is 320 g/mol. The van der Waals surface area contributed by atoms with Gasteiger partial charge in [-0.05, 0) is 30.3 Å². The number of nitrogens with zero attached hydrogens (tertiary/aromatic N) is 4. The minimum Gasteiger partial charge on any atom is -0.507 e. The van der Waals surface area contributed by atoms with Crippen molar-refractivity contribution in [3.63, 3.8) is 0 Å². The molecule has 0 amide bonds. The molecule has 120 valence electrons. The summed E-state index contributed by atoms with van der Waals surface area (Å²) in [5.74, 6) is 2.44. The number of aromatic nitrogens is 1. The van der Waals surface area contributed by atoms with E-state index in [0.717, 1.165) is 29.4 Å². The van der Waals surface area contributed by atoms with Crippen molar-refractivity contribution in [2.24, 2.45) is 9.98 Å². The van der Waals surface area contributed by atoms with E-state index in [1.807, 2.05) is 23.1 Å². The fraction of sp³-hybridized carbons (Fsp3) is 0.167. The maximum atomic E-state index is 10.4. The first-order valence-corrected chi connectivity index (χ1v) is 7.66. The number of ether oxygens (including phenoxy) is 1. The summed E-state index contributed by atoms with van der Waals surface area (Å²) in [6.07, 6.45) is 4.95. The Labute approximate surface area is 139 Å². The lowest BCUT2D eigenvalue weighted by Gasteiger charge is -2.26. The van der Waals surface area contributed by atoms with E-state index in [0.29, 0.717) is 17.9 Å². The van der Waals surface area contributed by atoms with Gasteiger partial charge in [0.1, 0.15) is 23.2 Å². The molecular formula is C18H16N4O2. The maximum absolute atomic E-state index is 10.4. The summed E-state index contributed by atoms with van der Waals surface area (Å²) in [7, 11) is 1.64. The van der Waals surface area contributed by atoms with Crippen LogP contribution in [0.4, 0.5) is 5.69 Å². The Morgan fingerprint density at radius 1 is 1.33 bits per heavy atom. The number of aliphatic hydroxyl groups excluding tert-OH is 1. The molecule has 3 heterocycles. The van der Waals surface area contributed by atoms with Gasteiger partial charge >= 0.3 is 0 Å². The third kappa shape index (κ3) is 2.42. The topological polar surface area (TPSA) is 70.3 Å². The summed E-state index contributed by atoms with van der Waals surface area (Å²) in [4.78, 5) is 15.3. The van der Waals surface area contributed by atoms with Gasteiger partial charge in [0.2, 0.25) is 0 Å². The summed E-state index contributed by atoms with van der Waals surface area (Å²) >= 11 is 0. The average Bonchev–Trinajstić information content (AvgIpc) is 3.12. The number of hydrogen-bond donors (Lipinski definition) is 1. The molecule has 1 aromatic carbocycles. The molecule has 6 heteroatoms. The molecule has 0 atom stereocenters. The Hall–Kier alpha value is -3.15. The number of pyridine rings is 1. The van der Waals surface area contributed by atoms with Crippen LogP contribution in [0.3, 0.4) is 0 Å². The molecule has 24 heavy (non-hydrogen) atoms. The van der Waals surface area contributed by atoms with Crippen molar-refractivity contribution in [2.45, 2.75) is 0 Å². The first-order valence-electron chi connectivity index (χ1n) is 7.66. The van der Waals surface area contributed by atoms with Crippen LogP contribution in [0.2, 0.25) is 0 Å². The van der Waals surface area contributed by atoms with Crippen molar-refractivity contribution in [3.8, 4) is 5.75 Å². The van der Waals surface area contributed by atoms with E-state index in [1.165, 1.54) is 0 Å². The van der Waals surface area contributed by atoms with Crippen LogP contribution in [-0.2, 0) is 0 Å². The highest BCUT2D eigenvalue weighted by molar-refractivity contribution is 6.20. The fourth-order valence-corrected chi connectivity index (χ4v) is 2.83. The van der Waals surface area contributed by atoms with Gasteiger partial charge in [-0.2, -0.15) is 0 Å². The molecule has 4 rings (SSSR count). The van der Waals surface area contributed by atoms with Crippen LogP contribution in [0, 0.1) is 0 Å². The quantitative estimate of drug-likeness (QED) is 0.883. The summed E-state index contributed by atoms with van der Waals surface area (Å²) in [5, 5.41) is 10.4. The molecule has 0 fully saturated rings. The number of hydrogen-bond acceptors (Lipinski definition) is 6. The molecule has 1 aromatic heterocycles. The molecule has 2 aliphatic rings. The molecule has 2 aromatic rings. The van der Waals surface area contributed by atoms with Gasteiger partial charge in [0, 0.05) is 36.1 Å². The van der Waals surface area contributed by atoms with Crippen LogP contribution in [0.15, 0.2) is 58.8 Å². The third-order valence-corrected chi connectivity index (χ3v) is 4.02. The van der Waals surface area contributed by atoms with Gasteiger partial charge in [-0.1, -0.05) is 0 Å². The summed E-state index contributed by atoms with van der Waals surface area (Å²) in [5.41, 5.74) is 2.42. The molecule has 1 N–H and O–H groups in total. The maximum Gasteiger partial charge on any atom is 0.139 e. The Morgan fingerprint density at radius 3 is 3.04 bits per heavy atom. The van der Waals surface area contributed by atoms with Crippen molar-refractivity contribution >= 4 is 23.1 Å². The summed E-state index contributed by atoms with van der Waals surface area (Å²) in [6.45, 7) is 1.44. The SMILES string of the molecule is COc1ccc2c(c1)C1=NCCN1C(/C=C(\O)c1cccnc1)=N2. The second-order valence-corrected chi connectivity index (χ2v) is 5.48. The highest BCUT2D eigenvalue weighted by atomic mass is 16.5. The average molecular weight is 320 g/mol. The summed E-state index contributed by atoms with van der Waals surface area (Å²) in [6, 6.07) is 9.31. The van der Waals surface area contributed by atoms with Crippen molar-refractivity contribution in [3.05, 3.63) is 59.9 Å². The van der Waals surface area contributed by atoms with Crippen molar-refractivity contribution < 1.29 is 9.84 Å². The lowest BCUT2D eigenvalue weighted by atomic mass is 10.1. The molecule has 0 saturated heterocycles. The number of methoxy groups -OCH3 is 1. The Kier molecular flexibility index (Phi) is 3.49. The van der Waals surface area contributed by atoms with E-state index in [4.69, 9.17) is 4.74 Å². The first-order chi connectivity index (χ1) is 11.8. The smallest absolute Gasteiger partial charge is 0.139 e. The molecule has 6 nitrogen and oxygen atoms in total. The minimum absolute atomic E-state index is 0.130. The number of benzene rings is 1. The van der Waals surface area contributed by atoms with E-state index in [1.54, 1.807) is 37.7 Å². The molecule has 0 unspecified atom stereocenters. The number of rotatable bonds is 3. The Balaban J connectivity index is 1.78. The molecule has 0 spiro atoms. The molecule has 2 aliphatic heterocycles. The lowest BCUT2D eigenvalue weighted by Crippen LogP contribution is -2.36. The number of fused-ring (bicyclic) bond motifs is 3. The molecule has 0 bridgehead atoms. The third-order valence-electron chi connectivity index (χ3n) is 4.02. The first kappa shape index (κ1) is 14.4. The zero-order valence-corrected chi connectivity index (χ0v) is 13.2. The zero-order valence-electron chi connectivity index (χ0n) is 13.2. The molecule has 0 saturated carbocycles. The van der Waals surface area contributed by atoms with Crippen LogP contribution in [0.25, 0.3) is 5.76 Å². The highest BCUT2D eigenvalue weighted by Crippen LogP contribution is 2.32. The minimum atomic E-state index is 0.130. The second kappa shape index (κ2) is 5.81. The van der Waals surface area contributed by atoms with Crippen LogP contribution in [-0.4, -0.2) is 46.9 Å². The van der Waals surface area contributed by atoms with Gasteiger partial charge in [0.25, 0.3) is 0 Å². The molecule has 0 aliphatic carbocycles.